The Morgan fingerprint density at radius 2 is 2.06 bits per heavy atom. The predicted octanol–water partition coefficient (Wildman–Crippen LogP) is 3.94. The fraction of sp³-hybridized carbons (Fsp3) is 0.409. The van der Waals surface area contributed by atoms with Crippen LogP contribution in [0.15, 0.2) is 47.5 Å². The molecule has 0 spiro atoms. The fourth-order valence-corrected chi connectivity index (χ4v) is 3.27. The van der Waals surface area contributed by atoms with E-state index in [4.69, 9.17) is 9.47 Å². The van der Waals surface area contributed by atoms with Gasteiger partial charge in [0.2, 0.25) is 0 Å². The van der Waals surface area contributed by atoms with E-state index >= 15 is 0 Å². The molecule has 1 saturated heterocycles. The number of aliphatic imine (C=N–C) groups is 1. The van der Waals surface area contributed by atoms with Crippen LogP contribution in [-0.2, 0) is 17.8 Å². The number of nitrogens with zero attached hydrogens (tertiary/aromatic N) is 2. The predicted molar refractivity (Wildman–Crippen MR) is 131 cm³/mol. The van der Waals surface area contributed by atoms with E-state index < -0.39 is 4.92 Å². The van der Waals surface area contributed by atoms with Crippen molar-refractivity contribution < 1.29 is 14.4 Å². The Morgan fingerprint density at radius 1 is 1.26 bits per heavy atom. The number of hydrogen-bond acceptors (Lipinski definition) is 5. The van der Waals surface area contributed by atoms with Crippen LogP contribution in [0.5, 0.6) is 5.75 Å². The number of non-ortho nitro benzene ring substituents is 1. The van der Waals surface area contributed by atoms with E-state index in [0.717, 1.165) is 41.9 Å². The first kappa shape index (κ1) is 24.9. The first-order chi connectivity index (χ1) is 14.5. The highest BCUT2D eigenvalue weighted by Crippen LogP contribution is 2.22. The summed E-state index contributed by atoms with van der Waals surface area (Å²) in [7, 11) is 1.69. The molecular weight excluding hydrogens is 511 g/mol. The summed E-state index contributed by atoms with van der Waals surface area (Å²) in [5.74, 6) is 1.44. The second kappa shape index (κ2) is 12.5. The van der Waals surface area contributed by atoms with Gasteiger partial charge in [0.15, 0.2) is 5.96 Å². The minimum Gasteiger partial charge on any atom is -0.491 e. The first-order valence-corrected chi connectivity index (χ1v) is 10.1. The summed E-state index contributed by atoms with van der Waals surface area (Å²) in [6.45, 7) is 4.36. The molecule has 1 heterocycles. The molecule has 0 amide bonds. The zero-order chi connectivity index (χ0) is 21.3. The summed E-state index contributed by atoms with van der Waals surface area (Å²) in [4.78, 5) is 14.8. The van der Waals surface area contributed by atoms with Gasteiger partial charge in [0.1, 0.15) is 12.4 Å². The number of nitro benzene ring substituents is 1. The molecule has 1 aliphatic heterocycles. The van der Waals surface area contributed by atoms with Crippen LogP contribution in [-0.4, -0.2) is 37.2 Å². The van der Waals surface area contributed by atoms with E-state index in [1.54, 1.807) is 19.2 Å². The van der Waals surface area contributed by atoms with Crippen LogP contribution >= 0.6 is 24.0 Å². The van der Waals surface area contributed by atoms with Crippen LogP contribution in [0.1, 0.15) is 29.5 Å². The summed E-state index contributed by atoms with van der Waals surface area (Å²) in [5.41, 5.74) is 3.04. The number of nitro groups is 1. The van der Waals surface area contributed by atoms with E-state index in [0.29, 0.717) is 25.7 Å². The molecule has 0 bridgehead atoms. The molecule has 3 rings (SSSR count). The van der Waals surface area contributed by atoms with Crippen molar-refractivity contribution in [2.45, 2.75) is 39.0 Å². The number of ether oxygens (including phenoxy) is 2. The standard InChI is InChI=1S/C22H28N4O4.HI/c1-16-8-9-18(21(11-16)30-15-20-7-4-10-29-20)14-25-22(23-2)24-13-17-5-3-6-19(12-17)26(27)28;/h3,5-6,8-9,11-12,20H,4,7,10,13-15H2,1-2H3,(H2,23,24,25);1H. The number of aryl methyl sites for hydroxylation is 1. The third-order valence-electron chi connectivity index (χ3n) is 4.92. The van der Waals surface area contributed by atoms with Crippen LogP contribution in [0.3, 0.4) is 0 Å². The van der Waals surface area contributed by atoms with Crippen LogP contribution in [0, 0.1) is 17.0 Å². The molecule has 31 heavy (non-hydrogen) atoms. The fourth-order valence-electron chi connectivity index (χ4n) is 3.27. The number of guanidine groups is 1. The maximum absolute atomic E-state index is 10.9. The second-order valence-electron chi connectivity index (χ2n) is 7.26. The molecule has 8 nitrogen and oxygen atoms in total. The van der Waals surface area contributed by atoms with Gasteiger partial charge in [0.05, 0.1) is 11.0 Å². The molecule has 168 valence electrons. The lowest BCUT2D eigenvalue weighted by Gasteiger charge is -2.17. The zero-order valence-corrected chi connectivity index (χ0v) is 20.1. The molecule has 2 aromatic carbocycles. The van der Waals surface area contributed by atoms with Crippen molar-refractivity contribution in [3.05, 3.63) is 69.3 Å². The molecule has 2 N–H and O–H groups in total. The van der Waals surface area contributed by atoms with Gasteiger partial charge in [-0.1, -0.05) is 24.3 Å². The van der Waals surface area contributed by atoms with Gasteiger partial charge in [0, 0.05) is 44.4 Å². The Bertz CT molecular complexity index is 901. The number of nitrogens with one attached hydrogen (secondary N) is 2. The Morgan fingerprint density at radius 3 is 2.77 bits per heavy atom. The number of rotatable bonds is 8. The highest BCUT2D eigenvalue weighted by atomic mass is 127. The maximum atomic E-state index is 10.9. The summed E-state index contributed by atoms with van der Waals surface area (Å²) < 4.78 is 11.7. The topological polar surface area (TPSA) is 98.0 Å². The van der Waals surface area contributed by atoms with Crippen molar-refractivity contribution in [2.75, 3.05) is 20.3 Å². The lowest BCUT2D eigenvalue weighted by Crippen LogP contribution is -2.36. The molecule has 2 aromatic rings. The average molecular weight is 540 g/mol. The van der Waals surface area contributed by atoms with Crippen LogP contribution < -0.4 is 15.4 Å². The van der Waals surface area contributed by atoms with Gasteiger partial charge in [0.25, 0.3) is 5.69 Å². The quantitative estimate of drug-likeness (QED) is 0.173. The summed E-state index contributed by atoms with van der Waals surface area (Å²) in [5, 5.41) is 17.4. The van der Waals surface area contributed by atoms with Crippen molar-refractivity contribution in [3.8, 4) is 5.75 Å². The number of benzene rings is 2. The largest absolute Gasteiger partial charge is 0.491 e. The van der Waals surface area contributed by atoms with E-state index in [2.05, 4.69) is 21.7 Å². The summed E-state index contributed by atoms with van der Waals surface area (Å²) in [6.07, 6.45) is 2.28. The molecule has 0 aliphatic carbocycles. The van der Waals surface area contributed by atoms with Gasteiger partial charge < -0.3 is 20.1 Å². The van der Waals surface area contributed by atoms with Gasteiger partial charge in [-0.25, -0.2) is 0 Å². The molecule has 1 fully saturated rings. The molecule has 1 unspecified atom stereocenters. The van der Waals surface area contributed by atoms with Crippen molar-refractivity contribution in [2.24, 2.45) is 4.99 Å². The first-order valence-electron chi connectivity index (χ1n) is 10.1. The van der Waals surface area contributed by atoms with Crippen molar-refractivity contribution >= 4 is 35.6 Å². The molecule has 1 aliphatic rings. The molecule has 0 aromatic heterocycles. The highest BCUT2D eigenvalue weighted by Gasteiger charge is 2.17. The molecule has 9 heteroatoms. The van der Waals surface area contributed by atoms with Gasteiger partial charge in [-0.3, -0.25) is 15.1 Å². The highest BCUT2D eigenvalue weighted by molar-refractivity contribution is 14.0. The normalized spacial score (nSPS) is 15.8. The van der Waals surface area contributed by atoms with Crippen molar-refractivity contribution in [3.63, 3.8) is 0 Å². The van der Waals surface area contributed by atoms with Crippen LogP contribution in [0.25, 0.3) is 0 Å². The number of hydrogen-bond donors (Lipinski definition) is 2. The Kier molecular flexibility index (Phi) is 9.99. The smallest absolute Gasteiger partial charge is 0.269 e. The average Bonchev–Trinajstić information content (AvgIpc) is 3.27. The van der Waals surface area contributed by atoms with Gasteiger partial charge in [-0.15, -0.1) is 24.0 Å². The van der Waals surface area contributed by atoms with Gasteiger partial charge >= 0.3 is 0 Å². The Hall–Kier alpha value is -2.40. The monoisotopic (exact) mass is 540 g/mol. The Labute approximate surface area is 199 Å². The molecular formula is C22H29IN4O4. The minimum atomic E-state index is -0.397. The van der Waals surface area contributed by atoms with Crippen LogP contribution in [0.2, 0.25) is 0 Å². The van der Waals surface area contributed by atoms with Gasteiger partial charge in [-0.05, 0) is 37.0 Å². The van der Waals surface area contributed by atoms with E-state index in [1.807, 2.05) is 25.1 Å². The maximum Gasteiger partial charge on any atom is 0.269 e. The third kappa shape index (κ3) is 7.66. The van der Waals surface area contributed by atoms with E-state index in [1.165, 1.54) is 6.07 Å². The van der Waals surface area contributed by atoms with E-state index in [9.17, 15) is 10.1 Å². The zero-order valence-electron chi connectivity index (χ0n) is 17.8. The summed E-state index contributed by atoms with van der Waals surface area (Å²) in [6, 6.07) is 12.7. The van der Waals surface area contributed by atoms with E-state index in [-0.39, 0.29) is 35.8 Å². The SMILES string of the molecule is CN=C(NCc1cccc([N+](=O)[O-])c1)NCc1ccc(C)cc1OCC1CCCO1.I. The van der Waals surface area contributed by atoms with Crippen LogP contribution in [0.4, 0.5) is 5.69 Å². The lowest BCUT2D eigenvalue weighted by atomic mass is 10.1. The Balaban J connectivity index is 0.00000341. The third-order valence-corrected chi connectivity index (χ3v) is 4.92. The lowest BCUT2D eigenvalue weighted by molar-refractivity contribution is -0.384. The molecule has 0 radical (unpaired) electrons. The molecule has 1 atom stereocenters. The minimum absolute atomic E-state index is 0. The van der Waals surface area contributed by atoms with Gasteiger partial charge in [-0.2, -0.15) is 0 Å². The molecule has 0 saturated carbocycles. The van der Waals surface area contributed by atoms with Crippen molar-refractivity contribution in [1.82, 2.24) is 10.6 Å². The second-order valence-corrected chi connectivity index (χ2v) is 7.26. The number of halogens is 1. The van der Waals surface area contributed by atoms with Crippen molar-refractivity contribution in [1.29, 1.82) is 0 Å². The summed E-state index contributed by atoms with van der Waals surface area (Å²) >= 11 is 0.